The number of hydrogen-bond donors (Lipinski definition) is 3. The maximum Gasteiger partial charge on any atom is 0.416 e. The van der Waals surface area contributed by atoms with Crippen molar-refractivity contribution in [2.24, 2.45) is 5.73 Å². The molecule has 4 N–H and O–H groups in total. The summed E-state index contributed by atoms with van der Waals surface area (Å²) in [6, 6.07) is 10.5. The predicted molar refractivity (Wildman–Crippen MR) is 92.4 cm³/mol. The highest BCUT2D eigenvalue weighted by Crippen LogP contribution is 2.30. The van der Waals surface area contributed by atoms with Crippen LogP contribution < -0.4 is 11.1 Å². The first-order valence-electron chi connectivity index (χ1n) is 8.05. The molecule has 2 rings (SSSR count). The molecule has 2 aromatic rings. The van der Waals surface area contributed by atoms with Crippen molar-refractivity contribution >= 4 is 11.8 Å². The minimum absolute atomic E-state index is 0.0204. The average Bonchev–Trinajstić information content (AvgIpc) is 2.66. The van der Waals surface area contributed by atoms with Gasteiger partial charge in [-0.3, -0.25) is 9.59 Å². The van der Waals surface area contributed by atoms with Gasteiger partial charge < -0.3 is 16.2 Å². The zero-order valence-electron chi connectivity index (χ0n) is 14.4. The van der Waals surface area contributed by atoms with Gasteiger partial charge in [-0.15, -0.1) is 0 Å². The Labute approximate surface area is 158 Å². The van der Waals surface area contributed by atoms with E-state index in [0.29, 0.717) is 11.1 Å². The Kier molecular flexibility index (Phi) is 6.38. The van der Waals surface area contributed by atoms with Crippen LogP contribution in [0.4, 0.5) is 13.2 Å². The van der Waals surface area contributed by atoms with E-state index in [2.05, 4.69) is 5.32 Å². The quantitative estimate of drug-likeness (QED) is 0.696. The first-order valence-corrected chi connectivity index (χ1v) is 8.05. The lowest BCUT2D eigenvalue weighted by molar-refractivity contribution is -0.137. The number of primary amides is 1. The summed E-state index contributed by atoms with van der Waals surface area (Å²) in [5.74, 6) is -1.82. The number of aliphatic hydroxyl groups excluding tert-OH is 1. The van der Waals surface area contributed by atoms with E-state index in [-0.39, 0.29) is 12.0 Å². The van der Waals surface area contributed by atoms with Gasteiger partial charge in [0.1, 0.15) is 6.04 Å². The predicted octanol–water partition coefficient (Wildman–Crippen LogP) is 1.82. The molecule has 6 nitrogen and oxygen atoms in total. The zero-order valence-corrected chi connectivity index (χ0v) is 14.4. The molecule has 2 aromatic carbocycles. The van der Waals surface area contributed by atoms with Crippen LogP contribution in [0.5, 0.6) is 0 Å². The molecular formula is C19H16F3N3O3. The first kappa shape index (κ1) is 20.9. The molecule has 0 bridgehead atoms. The second-order valence-corrected chi connectivity index (χ2v) is 6.00. The van der Waals surface area contributed by atoms with Gasteiger partial charge in [0, 0.05) is 6.42 Å². The normalized spacial score (nSPS) is 13.2. The summed E-state index contributed by atoms with van der Waals surface area (Å²) in [5.41, 5.74) is 5.34. The fraction of sp³-hybridized carbons (Fsp3) is 0.211. The number of alkyl halides is 3. The number of amides is 2. The van der Waals surface area contributed by atoms with Crippen molar-refractivity contribution in [3.8, 4) is 6.07 Å². The lowest BCUT2D eigenvalue weighted by Gasteiger charge is -2.19. The number of aliphatic hydroxyl groups is 1. The third-order valence-electron chi connectivity index (χ3n) is 3.98. The Hall–Kier alpha value is -3.38. The minimum atomic E-state index is -4.54. The van der Waals surface area contributed by atoms with Gasteiger partial charge >= 0.3 is 6.18 Å². The molecule has 0 spiro atoms. The van der Waals surface area contributed by atoms with E-state index in [1.54, 1.807) is 12.1 Å². The van der Waals surface area contributed by atoms with E-state index in [1.807, 2.05) is 6.07 Å². The van der Waals surface area contributed by atoms with E-state index in [9.17, 15) is 27.9 Å². The number of carbonyl (C=O) groups is 2. The maximum absolute atomic E-state index is 12.6. The van der Waals surface area contributed by atoms with Crippen molar-refractivity contribution in [1.82, 2.24) is 5.32 Å². The lowest BCUT2D eigenvalue weighted by atomic mass is 10.0. The molecule has 0 radical (unpaired) electrons. The summed E-state index contributed by atoms with van der Waals surface area (Å²) >= 11 is 0. The van der Waals surface area contributed by atoms with Gasteiger partial charge in [0.2, 0.25) is 5.91 Å². The van der Waals surface area contributed by atoms with Crippen LogP contribution in [0.2, 0.25) is 0 Å². The molecule has 0 aliphatic carbocycles. The number of nitrogens with two attached hydrogens (primary N) is 1. The average molecular weight is 391 g/mol. The van der Waals surface area contributed by atoms with Gasteiger partial charge in [-0.05, 0) is 35.4 Å². The van der Waals surface area contributed by atoms with Crippen LogP contribution in [0.1, 0.15) is 28.4 Å². The number of benzene rings is 2. The van der Waals surface area contributed by atoms with Crippen LogP contribution in [0, 0.1) is 11.3 Å². The van der Waals surface area contributed by atoms with Crippen molar-refractivity contribution in [3.63, 3.8) is 0 Å². The second kappa shape index (κ2) is 8.54. The summed E-state index contributed by atoms with van der Waals surface area (Å²) in [7, 11) is 0. The minimum Gasteiger partial charge on any atom is -0.378 e. The van der Waals surface area contributed by atoms with Crippen LogP contribution >= 0.6 is 0 Å². The van der Waals surface area contributed by atoms with Gasteiger partial charge in [0.15, 0.2) is 6.10 Å². The number of halogens is 3. The molecule has 9 heteroatoms. The Morgan fingerprint density at radius 3 is 2.14 bits per heavy atom. The van der Waals surface area contributed by atoms with E-state index >= 15 is 0 Å². The second-order valence-electron chi connectivity index (χ2n) is 6.00. The van der Waals surface area contributed by atoms with Crippen molar-refractivity contribution < 1.29 is 27.9 Å². The Bertz CT molecular complexity index is 888. The van der Waals surface area contributed by atoms with Gasteiger partial charge in [-0.25, -0.2) is 0 Å². The smallest absolute Gasteiger partial charge is 0.378 e. The molecule has 0 aliphatic rings. The maximum atomic E-state index is 12.6. The molecule has 146 valence electrons. The third-order valence-corrected chi connectivity index (χ3v) is 3.98. The number of rotatable bonds is 6. The third kappa shape index (κ3) is 5.31. The molecule has 0 saturated carbocycles. The summed E-state index contributed by atoms with van der Waals surface area (Å²) in [6.07, 6.45) is -6.29. The molecule has 0 saturated heterocycles. The highest BCUT2D eigenvalue weighted by molar-refractivity contribution is 5.89. The molecule has 2 atom stereocenters. The van der Waals surface area contributed by atoms with Gasteiger partial charge in [0.25, 0.3) is 5.91 Å². The summed E-state index contributed by atoms with van der Waals surface area (Å²) in [6.45, 7) is 0. The topological polar surface area (TPSA) is 116 Å². The molecule has 0 aliphatic heterocycles. The molecule has 0 aromatic heterocycles. The van der Waals surface area contributed by atoms with Gasteiger partial charge in [-0.1, -0.05) is 24.3 Å². The standard InChI is InChI=1S/C19H16F3N3O3/c20-19(21,22)14-7-5-13(6-8-14)16(26)18(28)25-15(17(24)27)9-11-1-3-12(10-23)4-2-11/h1-8,15-16,26H,9H2,(H2,24,27)(H,25,28)/t15-,16+/m1/s1. The van der Waals surface area contributed by atoms with Crippen LogP contribution in [0.3, 0.4) is 0 Å². The molecule has 28 heavy (non-hydrogen) atoms. The summed E-state index contributed by atoms with van der Waals surface area (Å²) in [4.78, 5) is 23.8. The van der Waals surface area contributed by atoms with Gasteiger partial charge in [-0.2, -0.15) is 18.4 Å². The number of nitriles is 1. The summed E-state index contributed by atoms with van der Waals surface area (Å²) in [5, 5.41) is 21.1. The van der Waals surface area contributed by atoms with E-state index in [4.69, 9.17) is 11.0 Å². The Morgan fingerprint density at radius 1 is 1.11 bits per heavy atom. The molecule has 0 fully saturated rings. The molecule has 0 unspecified atom stereocenters. The Morgan fingerprint density at radius 2 is 1.68 bits per heavy atom. The van der Waals surface area contributed by atoms with Crippen molar-refractivity contribution in [3.05, 3.63) is 70.8 Å². The van der Waals surface area contributed by atoms with E-state index < -0.39 is 35.7 Å². The largest absolute Gasteiger partial charge is 0.416 e. The highest BCUT2D eigenvalue weighted by Gasteiger charge is 2.31. The molecule has 2 amide bonds. The van der Waals surface area contributed by atoms with Crippen molar-refractivity contribution in [2.75, 3.05) is 0 Å². The molecular weight excluding hydrogens is 375 g/mol. The molecule has 0 heterocycles. The van der Waals surface area contributed by atoms with Crippen molar-refractivity contribution in [1.29, 1.82) is 5.26 Å². The van der Waals surface area contributed by atoms with Crippen LogP contribution in [-0.2, 0) is 22.2 Å². The lowest BCUT2D eigenvalue weighted by Crippen LogP contribution is -2.47. The Balaban J connectivity index is 2.08. The van der Waals surface area contributed by atoms with Gasteiger partial charge in [0.05, 0.1) is 17.2 Å². The highest BCUT2D eigenvalue weighted by atomic mass is 19.4. The fourth-order valence-corrected chi connectivity index (χ4v) is 2.43. The first-order chi connectivity index (χ1) is 13.1. The number of hydrogen-bond acceptors (Lipinski definition) is 4. The van der Waals surface area contributed by atoms with Crippen LogP contribution in [0.25, 0.3) is 0 Å². The zero-order chi connectivity index (χ0) is 20.9. The van der Waals surface area contributed by atoms with Crippen LogP contribution in [0.15, 0.2) is 48.5 Å². The number of carbonyl (C=O) groups excluding carboxylic acids is 2. The van der Waals surface area contributed by atoms with Crippen molar-refractivity contribution in [2.45, 2.75) is 24.7 Å². The van der Waals surface area contributed by atoms with Crippen LogP contribution in [-0.4, -0.2) is 23.0 Å². The SMILES string of the molecule is N#Cc1ccc(C[C@@H](NC(=O)[C@@H](O)c2ccc(C(F)(F)F)cc2)C(N)=O)cc1. The van der Waals surface area contributed by atoms with E-state index in [0.717, 1.165) is 24.3 Å². The number of nitrogens with zero attached hydrogens (tertiary/aromatic N) is 1. The monoisotopic (exact) mass is 391 g/mol. The van der Waals surface area contributed by atoms with E-state index in [1.165, 1.54) is 12.1 Å². The summed E-state index contributed by atoms with van der Waals surface area (Å²) < 4.78 is 37.8. The fourth-order valence-electron chi connectivity index (χ4n) is 2.43. The number of nitrogens with one attached hydrogen (secondary N) is 1.